The average Bonchev–Trinajstić information content (AvgIpc) is 2.74. The summed E-state index contributed by atoms with van der Waals surface area (Å²) in [5.41, 5.74) is 5.64. The van der Waals surface area contributed by atoms with Crippen molar-refractivity contribution in [2.24, 2.45) is 12.1 Å². The van der Waals surface area contributed by atoms with Gasteiger partial charge in [0.2, 0.25) is 0 Å². The highest BCUT2D eigenvalue weighted by Gasteiger charge is 2.04. The fraction of sp³-hybridized carbons (Fsp3) is 0.250. The zero-order valence-electron chi connectivity index (χ0n) is 12.8. The summed E-state index contributed by atoms with van der Waals surface area (Å²) in [5, 5.41) is 4.56. The summed E-state index contributed by atoms with van der Waals surface area (Å²) in [6.45, 7) is 3.91. The minimum absolute atomic E-state index is 0.105. The van der Waals surface area contributed by atoms with Crippen molar-refractivity contribution < 1.29 is 9.53 Å². The second kappa shape index (κ2) is 7.13. The summed E-state index contributed by atoms with van der Waals surface area (Å²) in [4.78, 5) is 11.6. The molecule has 0 bridgehead atoms. The van der Waals surface area contributed by atoms with Gasteiger partial charge in [0.05, 0.1) is 6.21 Å². The predicted octanol–water partition coefficient (Wildman–Crippen LogP) is 2.82. The predicted molar refractivity (Wildman–Crippen MR) is 87.6 cm³/mol. The molecule has 116 valence electrons. The van der Waals surface area contributed by atoms with Gasteiger partial charge in [0.25, 0.3) is 5.91 Å². The molecule has 1 aromatic heterocycles. The number of nitrogens with one attached hydrogen (secondary N) is 1. The van der Waals surface area contributed by atoms with Gasteiger partial charge in [-0.1, -0.05) is 11.6 Å². The van der Waals surface area contributed by atoms with E-state index in [4.69, 9.17) is 16.3 Å². The lowest BCUT2D eigenvalue weighted by molar-refractivity contribution is -0.123. The van der Waals surface area contributed by atoms with Crippen LogP contribution in [0.15, 0.2) is 35.4 Å². The number of rotatable bonds is 5. The van der Waals surface area contributed by atoms with Crippen LogP contribution in [0.2, 0.25) is 5.02 Å². The van der Waals surface area contributed by atoms with Crippen LogP contribution >= 0.6 is 11.6 Å². The molecule has 1 aromatic carbocycles. The maximum Gasteiger partial charge on any atom is 0.277 e. The Morgan fingerprint density at radius 3 is 2.64 bits per heavy atom. The number of benzene rings is 1. The molecule has 0 aliphatic heterocycles. The quantitative estimate of drug-likeness (QED) is 0.680. The van der Waals surface area contributed by atoms with Crippen LogP contribution in [0.5, 0.6) is 5.75 Å². The number of hydrazone groups is 1. The molecule has 6 heteroatoms. The molecule has 0 saturated carbocycles. The lowest BCUT2D eigenvalue weighted by atomic mass is 10.3. The van der Waals surface area contributed by atoms with Crippen LogP contribution in [0.25, 0.3) is 0 Å². The molecule has 1 amide bonds. The van der Waals surface area contributed by atoms with E-state index in [0.29, 0.717) is 10.8 Å². The Kier molecular flexibility index (Phi) is 5.22. The Hall–Kier alpha value is -2.27. The summed E-state index contributed by atoms with van der Waals surface area (Å²) in [7, 11) is 1.99. The van der Waals surface area contributed by atoms with E-state index in [-0.39, 0.29) is 12.5 Å². The summed E-state index contributed by atoms with van der Waals surface area (Å²) < 4.78 is 7.39. The van der Waals surface area contributed by atoms with Gasteiger partial charge in [-0.3, -0.25) is 4.79 Å². The Labute approximate surface area is 134 Å². The molecule has 0 unspecified atom stereocenters. The smallest absolute Gasteiger partial charge is 0.277 e. The van der Waals surface area contributed by atoms with E-state index in [0.717, 1.165) is 17.0 Å². The standard InChI is InChI=1S/C16H18ClN3O2/c1-11-8-13(12(2)20(11)3)9-18-19-16(21)10-22-15-6-4-14(17)5-7-15/h4-9H,10H2,1-3H3,(H,19,21)/b18-9-. The first-order chi connectivity index (χ1) is 10.5. The van der Waals surface area contributed by atoms with E-state index in [2.05, 4.69) is 15.1 Å². The minimum Gasteiger partial charge on any atom is -0.484 e. The number of hydrogen-bond acceptors (Lipinski definition) is 3. The maximum atomic E-state index is 11.6. The van der Waals surface area contributed by atoms with Crippen LogP contribution < -0.4 is 10.2 Å². The molecule has 1 N–H and O–H groups in total. The molecule has 0 radical (unpaired) electrons. The molecule has 5 nitrogen and oxygen atoms in total. The number of amides is 1. The SMILES string of the molecule is Cc1cc(/C=N\NC(=O)COc2ccc(Cl)cc2)c(C)n1C. The van der Waals surface area contributed by atoms with Gasteiger partial charge in [-0.2, -0.15) is 5.10 Å². The van der Waals surface area contributed by atoms with Gasteiger partial charge >= 0.3 is 0 Å². The van der Waals surface area contributed by atoms with Crippen molar-refractivity contribution in [3.8, 4) is 5.75 Å². The van der Waals surface area contributed by atoms with Gasteiger partial charge in [-0.05, 0) is 44.2 Å². The first kappa shape index (κ1) is 16.1. The van der Waals surface area contributed by atoms with Crippen molar-refractivity contribution in [3.63, 3.8) is 0 Å². The fourth-order valence-electron chi connectivity index (χ4n) is 1.90. The van der Waals surface area contributed by atoms with Crippen molar-refractivity contribution in [1.82, 2.24) is 9.99 Å². The second-order valence-electron chi connectivity index (χ2n) is 4.92. The van der Waals surface area contributed by atoms with Gasteiger partial charge in [0, 0.05) is 29.0 Å². The molecule has 0 atom stereocenters. The van der Waals surface area contributed by atoms with Gasteiger partial charge in [0.15, 0.2) is 6.61 Å². The first-order valence-electron chi connectivity index (χ1n) is 6.80. The Morgan fingerprint density at radius 1 is 1.36 bits per heavy atom. The number of aromatic nitrogens is 1. The molecule has 1 heterocycles. The Morgan fingerprint density at radius 2 is 2.05 bits per heavy atom. The van der Waals surface area contributed by atoms with Crippen LogP contribution in [0.1, 0.15) is 17.0 Å². The third-order valence-corrected chi connectivity index (χ3v) is 3.64. The lowest BCUT2D eigenvalue weighted by Gasteiger charge is -2.04. The minimum atomic E-state index is -0.323. The topological polar surface area (TPSA) is 55.6 Å². The van der Waals surface area contributed by atoms with Crippen molar-refractivity contribution in [1.29, 1.82) is 0 Å². The number of carbonyl (C=O) groups excluding carboxylic acids is 1. The van der Waals surface area contributed by atoms with E-state index < -0.39 is 0 Å². The number of halogens is 1. The molecule has 22 heavy (non-hydrogen) atoms. The summed E-state index contributed by atoms with van der Waals surface area (Å²) >= 11 is 5.77. The van der Waals surface area contributed by atoms with Crippen LogP contribution in [-0.4, -0.2) is 23.3 Å². The zero-order valence-corrected chi connectivity index (χ0v) is 13.5. The molecule has 2 rings (SSSR count). The van der Waals surface area contributed by atoms with Crippen molar-refractivity contribution in [2.45, 2.75) is 13.8 Å². The highest BCUT2D eigenvalue weighted by molar-refractivity contribution is 6.30. The number of hydrogen-bond donors (Lipinski definition) is 1. The average molecular weight is 320 g/mol. The van der Waals surface area contributed by atoms with Crippen molar-refractivity contribution >= 4 is 23.7 Å². The second-order valence-corrected chi connectivity index (χ2v) is 5.36. The Balaban J connectivity index is 1.83. The maximum absolute atomic E-state index is 11.6. The summed E-state index contributed by atoms with van der Waals surface area (Å²) in [5.74, 6) is 0.259. The number of nitrogens with zero attached hydrogens (tertiary/aromatic N) is 2. The molecule has 0 aliphatic rings. The largest absolute Gasteiger partial charge is 0.484 e. The summed E-state index contributed by atoms with van der Waals surface area (Å²) in [6, 6.07) is 8.82. The summed E-state index contributed by atoms with van der Waals surface area (Å²) in [6.07, 6.45) is 1.63. The van der Waals surface area contributed by atoms with Crippen LogP contribution in [0.4, 0.5) is 0 Å². The van der Waals surface area contributed by atoms with Crippen LogP contribution in [0.3, 0.4) is 0 Å². The van der Waals surface area contributed by atoms with E-state index >= 15 is 0 Å². The lowest BCUT2D eigenvalue weighted by Crippen LogP contribution is -2.24. The monoisotopic (exact) mass is 319 g/mol. The third-order valence-electron chi connectivity index (χ3n) is 3.39. The van der Waals surface area contributed by atoms with Gasteiger partial charge in [-0.25, -0.2) is 5.43 Å². The molecule has 2 aromatic rings. The van der Waals surface area contributed by atoms with E-state index in [1.807, 2.05) is 27.0 Å². The number of carbonyl (C=O) groups is 1. The third kappa shape index (κ3) is 4.11. The molecule has 0 saturated heterocycles. The van der Waals surface area contributed by atoms with Crippen molar-refractivity contribution in [2.75, 3.05) is 6.61 Å². The highest BCUT2D eigenvalue weighted by atomic mass is 35.5. The first-order valence-corrected chi connectivity index (χ1v) is 7.18. The van der Waals surface area contributed by atoms with Crippen molar-refractivity contribution in [3.05, 3.63) is 52.3 Å². The zero-order chi connectivity index (χ0) is 16.1. The highest BCUT2D eigenvalue weighted by Crippen LogP contribution is 2.15. The Bertz CT molecular complexity index is 690. The molecule has 0 spiro atoms. The van der Waals surface area contributed by atoms with E-state index in [1.165, 1.54) is 0 Å². The normalized spacial score (nSPS) is 10.9. The molecular weight excluding hydrogens is 302 g/mol. The number of aryl methyl sites for hydroxylation is 1. The molecular formula is C16H18ClN3O2. The van der Waals surface area contributed by atoms with Gasteiger partial charge in [-0.15, -0.1) is 0 Å². The van der Waals surface area contributed by atoms with Gasteiger partial charge in [0.1, 0.15) is 5.75 Å². The van der Waals surface area contributed by atoms with Crippen LogP contribution in [-0.2, 0) is 11.8 Å². The molecule has 0 fully saturated rings. The molecule has 0 aliphatic carbocycles. The van der Waals surface area contributed by atoms with E-state index in [9.17, 15) is 4.79 Å². The number of ether oxygens (including phenoxy) is 1. The van der Waals surface area contributed by atoms with Gasteiger partial charge < -0.3 is 9.30 Å². The van der Waals surface area contributed by atoms with E-state index in [1.54, 1.807) is 30.5 Å². The van der Waals surface area contributed by atoms with Crippen LogP contribution in [0, 0.1) is 13.8 Å². The fourth-order valence-corrected chi connectivity index (χ4v) is 2.03.